The van der Waals surface area contributed by atoms with Crippen LogP contribution >= 0.6 is 15.9 Å². The van der Waals surface area contributed by atoms with Crippen LogP contribution in [0.2, 0.25) is 0 Å². The molecule has 0 saturated heterocycles. The van der Waals surface area contributed by atoms with Gasteiger partial charge in [-0.1, -0.05) is 22.0 Å². The first kappa shape index (κ1) is 24.6. The van der Waals surface area contributed by atoms with E-state index in [4.69, 9.17) is 4.74 Å². The number of anilines is 1. The summed E-state index contributed by atoms with van der Waals surface area (Å²) < 4.78 is 6.41. The number of nitro benzene ring substituents is 1. The van der Waals surface area contributed by atoms with Crippen LogP contribution in [0.25, 0.3) is 0 Å². The van der Waals surface area contributed by atoms with Crippen molar-refractivity contribution in [2.45, 2.75) is 13.8 Å². The Bertz CT molecular complexity index is 1260. The van der Waals surface area contributed by atoms with Crippen molar-refractivity contribution >= 4 is 45.3 Å². The molecule has 0 atom stereocenters. The smallest absolute Gasteiger partial charge is 0.271 e. The zero-order valence-electron chi connectivity index (χ0n) is 18.4. The van der Waals surface area contributed by atoms with Crippen LogP contribution in [-0.2, 0) is 4.79 Å². The predicted octanol–water partition coefficient (Wildman–Crippen LogP) is 4.76. The molecular weight excluding hydrogens is 504 g/mol. The van der Waals surface area contributed by atoms with E-state index in [2.05, 4.69) is 31.8 Å². The second-order valence-corrected chi connectivity index (χ2v) is 8.24. The second kappa shape index (κ2) is 11.2. The molecule has 0 bridgehead atoms. The largest absolute Gasteiger partial charge is 0.483 e. The van der Waals surface area contributed by atoms with E-state index in [0.717, 1.165) is 15.6 Å². The highest BCUT2D eigenvalue weighted by Crippen LogP contribution is 2.22. The lowest BCUT2D eigenvalue weighted by atomic mass is 10.1. The topological polar surface area (TPSA) is 123 Å². The Morgan fingerprint density at radius 3 is 2.47 bits per heavy atom. The van der Waals surface area contributed by atoms with Crippen molar-refractivity contribution in [3.8, 4) is 5.75 Å². The molecule has 174 valence electrons. The fraction of sp³-hybridized carbons (Fsp3) is 0.125. The van der Waals surface area contributed by atoms with Crippen molar-refractivity contribution in [1.82, 2.24) is 5.43 Å². The first-order valence-corrected chi connectivity index (χ1v) is 10.9. The summed E-state index contributed by atoms with van der Waals surface area (Å²) in [6.45, 7) is 3.74. The van der Waals surface area contributed by atoms with Gasteiger partial charge in [0.25, 0.3) is 17.5 Å². The van der Waals surface area contributed by atoms with Crippen LogP contribution in [-0.4, -0.2) is 29.6 Å². The molecular formula is C24H21BrN4O5. The number of hydrogen-bond donors (Lipinski definition) is 2. The van der Waals surface area contributed by atoms with Crippen LogP contribution < -0.4 is 15.5 Å². The molecule has 3 rings (SSSR count). The van der Waals surface area contributed by atoms with Crippen molar-refractivity contribution in [1.29, 1.82) is 0 Å². The van der Waals surface area contributed by atoms with Crippen molar-refractivity contribution in [2.24, 2.45) is 5.10 Å². The number of carbonyl (C=O) groups excluding carboxylic acids is 2. The Labute approximate surface area is 204 Å². The molecule has 0 fully saturated rings. The first-order valence-electron chi connectivity index (χ1n) is 10.1. The molecule has 0 aliphatic carbocycles. The quantitative estimate of drug-likeness (QED) is 0.250. The molecule has 2 N–H and O–H groups in total. The van der Waals surface area contributed by atoms with Crippen LogP contribution in [0.5, 0.6) is 5.75 Å². The van der Waals surface area contributed by atoms with Crippen LogP contribution in [0.4, 0.5) is 11.4 Å². The van der Waals surface area contributed by atoms with Crippen molar-refractivity contribution < 1.29 is 19.2 Å². The minimum absolute atomic E-state index is 0.113. The summed E-state index contributed by atoms with van der Waals surface area (Å²) in [6.07, 6.45) is 1.38. The predicted molar refractivity (Wildman–Crippen MR) is 132 cm³/mol. The van der Waals surface area contributed by atoms with E-state index in [0.29, 0.717) is 17.0 Å². The number of carbonyl (C=O) groups is 2. The first-order chi connectivity index (χ1) is 16.2. The summed E-state index contributed by atoms with van der Waals surface area (Å²) >= 11 is 3.37. The van der Waals surface area contributed by atoms with E-state index in [1.54, 1.807) is 18.2 Å². The molecule has 0 aromatic heterocycles. The Hall–Kier alpha value is -4.05. The van der Waals surface area contributed by atoms with Gasteiger partial charge in [0.15, 0.2) is 6.61 Å². The molecule has 0 radical (unpaired) electrons. The van der Waals surface area contributed by atoms with E-state index in [1.165, 1.54) is 30.5 Å². The highest BCUT2D eigenvalue weighted by atomic mass is 79.9. The molecule has 9 nitrogen and oxygen atoms in total. The van der Waals surface area contributed by atoms with Gasteiger partial charge < -0.3 is 10.1 Å². The maximum absolute atomic E-state index is 12.3. The molecule has 2 amide bonds. The number of nitrogens with one attached hydrogen (secondary N) is 2. The van der Waals surface area contributed by atoms with E-state index < -0.39 is 10.8 Å². The van der Waals surface area contributed by atoms with Crippen LogP contribution in [0.1, 0.15) is 27.0 Å². The van der Waals surface area contributed by atoms with Crippen molar-refractivity contribution in [2.75, 3.05) is 11.9 Å². The summed E-state index contributed by atoms with van der Waals surface area (Å²) in [7, 11) is 0. The standard InChI is InChI=1S/C24H21BrN4O5/c1-15-3-7-20(11-16(15)2)27-23(30)14-34-22-10-6-19(25)12-18(22)13-26-28-24(31)17-4-8-21(9-5-17)29(32)33/h3-13H,14H2,1-2H3,(H,27,30)(H,28,31)/b26-13+. The van der Waals surface area contributed by atoms with Gasteiger partial charge in [-0.2, -0.15) is 5.10 Å². The van der Waals surface area contributed by atoms with Crippen LogP contribution in [0, 0.1) is 24.0 Å². The lowest BCUT2D eigenvalue weighted by Crippen LogP contribution is -2.21. The van der Waals surface area contributed by atoms with Crippen molar-refractivity contribution in [3.05, 3.63) is 97.5 Å². The van der Waals surface area contributed by atoms with Crippen LogP contribution in [0.15, 0.2) is 70.2 Å². The Kier molecular flexibility index (Phi) is 8.10. The van der Waals surface area contributed by atoms with E-state index in [-0.39, 0.29) is 23.8 Å². The molecule has 0 aliphatic heterocycles. The number of aryl methyl sites for hydroxylation is 2. The fourth-order valence-corrected chi connectivity index (χ4v) is 3.25. The molecule has 34 heavy (non-hydrogen) atoms. The SMILES string of the molecule is Cc1ccc(NC(=O)COc2ccc(Br)cc2/C=N/NC(=O)c2ccc([N+](=O)[O-])cc2)cc1C. The number of nitrogens with zero attached hydrogens (tertiary/aromatic N) is 2. The number of hydrazone groups is 1. The lowest BCUT2D eigenvalue weighted by Gasteiger charge is -2.11. The maximum atomic E-state index is 12.3. The lowest BCUT2D eigenvalue weighted by molar-refractivity contribution is -0.384. The minimum atomic E-state index is -0.545. The Morgan fingerprint density at radius 2 is 1.79 bits per heavy atom. The average Bonchev–Trinajstić information content (AvgIpc) is 2.81. The van der Waals surface area contributed by atoms with Gasteiger partial charge in [0.2, 0.25) is 0 Å². The summed E-state index contributed by atoms with van der Waals surface area (Å²) in [5, 5.41) is 17.4. The fourth-order valence-electron chi connectivity index (χ4n) is 2.87. The van der Waals surface area contributed by atoms with Gasteiger partial charge in [0.1, 0.15) is 5.75 Å². The minimum Gasteiger partial charge on any atom is -0.483 e. The van der Waals surface area contributed by atoms with Gasteiger partial charge in [-0.3, -0.25) is 19.7 Å². The normalized spacial score (nSPS) is 10.7. The van der Waals surface area contributed by atoms with Gasteiger partial charge >= 0.3 is 0 Å². The number of rotatable bonds is 8. The molecule has 0 unspecified atom stereocenters. The number of ether oxygens (including phenoxy) is 1. The highest BCUT2D eigenvalue weighted by Gasteiger charge is 2.10. The summed E-state index contributed by atoms with van der Waals surface area (Å²) in [4.78, 5) is 34.7. The maximum Gasteiger partial charge on any atom is 0.271 e. The van der Waals surface area contributed by atoms with Crippen molar-refractivity contribution in [3.63, 3.8) is 0 Å². The number of benzene rings is 3. The molecule has 3 aromatic rings. The van der Waals surface area contributed by atoms with Gasteiger partial charge in [-0.15, -0.1) is 0 Å². The monoisotopic (exact) mass is 524 g/mol. The molecule has 0 spiro atoms. The Morgan fingerprint density at radius 1 is 1.06 bits per heavy atom. The van der Waals surface area contributed by atoms with Crippen LogP contribution in [0.3, 0.4) is 0 Å². The zero-order valence-corrected chi connectivity index (χ0v) is 20.0. The molecule has 0 heterocycles. The number of hydrogen-bond acceptors (Lipinski definition) is 6. The van der Waals surface area contributed by atoms with E-state index in [1.807, 2.05) is 32.0 Å². The summed E-state index contributed by atoms with van der Waals surface area (Å²) in [5.74, 6) is -0.455. The third-order valence-electron chi connectivity index (χ3n) is 4.83. The number of non-ortho nitro benzene ring substituents is 1. The molecule has 0 aliphatic rings. The summed E-state index contributed by atoms with van der Waals surface area (Å²) in [6, 6.07) is 15.9. The van der Waals surface area contributed by atoms with E-state index in [9.17, 15) is 19.7 Å². The average molecular weight is 525 g/mol. The zero-order chi connectivity index (χ0) is 24.7. The summed E-state index contributed by atoms with van der Waals surface area (Å²) in [5.41, 5.74) is 5.88. The van der Waals surface area contributed by atoms with Gasteiger partial charge in [0.05, 0.1) is 11.1 Å². The molecule has 10 heteroatoms. The highest BCUT2D eigenvalue weighted by molar-refractivity contribution is 9.10. The third-order valence-corrected chi connectivity index (χ3v) is 5.32. The number of halogens is 1. The van der Waals surface area contributed by atoms with Gasteiger partial charge in [0, 0.05) is 33.4 Å². The molecule has 0 saturated carbocycles. The Balaban J connectivity index is 1.61. The number of amides is 2. The van der Waals surface area contributed by atoms with Gasteiger partial charge in [-0.25, -0.2) is 5.43 Å². The molecule has 3 aromatic carbocycles. The third kappa shape index (κ3) is 6.72. The second-order valence-electron chi connectivity index (χ2n) is 7.32. The van der Waals surface area contributed by atoms with E-state index >= 15 is 0 Å². The van der Waals surface area contributed by atoms with Gasteiger partial charge in [-0.05, 0) is 67.4 Å². The number of nitro groups is 1.